The van der Waals surface area contributed by atoms with E-state index in [9.17, 15) is 4.79 Å². The topological polar surface area (TPSA) is 72.9 Å². The Hall–Kier alpha value is -1.36. The highest BCUT2D eigenvalue weighted by molar-refractivity contribution is 5.76. The lowest BCUT2D eigenvalue weighted by Crippen LogP contribution is -2.31. The van der Waals surface area contributed by atoms with E-state index in [1.807, 2.05) is 19.4 Å². The normalized spacial score (nSPS) is 12.6. The number of nitrogens with two attached hydrogens (primary N) is 1. The number of primary amides is 1. The van der Waals surface area contributed by atoms with Crippen molar-refractivity contribution in [2.75, 3.05) is 13.1 Å². The van der Waals surface area contributed by atoms with E-state index in [2.05, 4.69) is 14.9 Å². The molecular weight excluding hydrogens is 204 g/mol. The van der Waals surface area contributed by atoms with Gasteiger partial charge < -0.3 is 15.6 Å². The van der Waals surface area contributed by atoms with Crippen LogP contribution in [0.15, 0.2) is 18.7 Å². The molecule has 1 rings (SSSR count). The Morgan fingerprint density at radius 2 is 2.38 bits per heavy atom. The van der Waals surface area contributed by atoms with Crippen LogP contribution >= 0.6 is 0 Å². The maximum absolute atomic E-state index is 10.7. The highest BCUT2D eigenvalue weighted by Gasteiger charge is 2.06. The van der Waals surface area contributed by atoms with Crippen LogP contribution in [0.4, 0.5) is 0 Å². The maximum Gasteiger partial charge on any atom is 0.221 e. The van der Waals surface area contributed by atoms with E-state index in [4.69, 9.17) is 5.73 Å². The minimum absolute atomic E-state index is 0.0892. The van der Waals surface area contributed by atoms with Gasteiger partial charge in [-0.05, 0) is 19.4 Å². The summed E-state index contributed by atoms with van der Waals surface area (Å²) in [5.41, 5.74) is 5.15. The molecule has 0 spiro atoms. The van der Waals surface area contributed by atoms with Crippen LogP contribution in [0, 0.1) is 5.92 Å². The molecule has 0 radical (unpaired) electrons. The van der Waals surface area contributed by atoms with Crippen molar-refractivity contribution in [2.45, 2.75) is 26.3 Å². The number of hydrogen-bond donors (Lipinski definition) is 2. The summed E-state index contributed by atoms with van der Waals surface area (Å²) >= 11 is 0. The number of aromatic nitrogens is 2. The predicted octanol–water partition coefficient (Wildman–Crippen LogP) is 0.374. The van der Waals surface area contributed by atoms with Gasteiger partial charge in [0.15, 0.2) is 0 Å². The van der Waals surface area contributed by atoms with Crippen LogP contribution in [0.3, 0.4) is 0 Å². The van der Waals surface area contributed by atoms with Gasteiger partial charge in [0.1, 0.15) is 0 Å². The fourth-order valence-electron chi connectivity index (χ4n) is 1.38. The monoisotopic (exact) mass is 224 g/mol. The van der Waals surface area contributed by atoms with Crippen LogP contribution in [0.5, 0.6) is 0 Å². The molecule has 3 N–H and O–H groups in total. The maximum atomic E-state index is 10.7. The average Bonchev–Trinajstić information content (AvgIpc) is 2.75. The number of unbranched alkanes of at least 4 members (excludes halogenated alkanes) is 1. The van der Waals surface area contributed by atoms with Crippen LogP contribution in [0.25, 0.3) is 0 Å². The third-order valence-electron chi connectivity index (χ3n) is 2.52. The Balaban J connectivity index is 1.94. The molecule has 0 bridgehead atoms. The van der Waals surface area contributed by atoms with Crippen LogP contribution < -0.4 is 11.1 Å². The first-order valence-electron chi connectivity index (χ1n) is 5.66. The van der Waals surface area contributed by atoms with E-state index in [1.165, 1.54) is 0 Å². The van der Waals surface area contributed by atoms with Crippen LogP contribution in [0.2, 0.25) is 0 Å². The lowest BCUT2D eigenvalue weighted by atomic mass is 10.1. The fourth-order valence-corrected chi connectivity index (χ4v) is 1.38. The summed E-state index contributed by atoms with van der Waals surface area (Å²) in [6, 6.07) is 0. The van der Waals surface area contributed by atoms with Gasteiger partial charge in [-0.1, -0.05) is 6.92 Å². The van der Waals surface area contributed by atoms with Crippen molar-refractivity contribution in [2.24, 2.45) is 11.7 Å². The van der Waals surface area contributed by atoms with Crippen molar-refractivity contribution < 1.29 is 4.79 Å². The molecule has 0 aliphatic heterocycles. The molecule has 0 fully saturated rings. The van der Waals surface area contributed by atoms with Crippen LogP contribution in [-0.2, 0) is 11.3 Å². The number of amides is 1. The second kappa shape index (κ2) is 7.00. The Kier molecular flexibility index (Phi) is 5.56. The Morgan fingerprint density at radius 3 is 3.00 bits per heavy atom. The number of aryl methyl sites for hydroxylation is 1. The lowest BCUT2D eigenvalue weighted by Gasteiger charge is -2.08. The summed E-state index contributed by atoms with van der Waals surface area (Å²) in [5, 5.41) is 3.22. The molecule has 16 heavy (non-hydrogen) atoms. The number of carbonyl (C=O) groups excluding carboxylic acids is 1. The molecule has 0 saturated carbocycles. The van der Waals surface area contributed by atoms with Crippen LogP contribution in [-0.4, -0.2) is 28.5 Å². The molecule has 0 saturated heterocycles. The van der Waals surface area contributed by atoms with Gasteiger partial charge in [0.2, 0.25) is 5.91 Å². The van der Waals surface area contributed by atoms with Crippen molar-refractivity contribution >= 4 is 5.91 Å². The zero-order valence-corrected chi connectivity index (χ0v) is 9.72. The van der Waals surface area contributed by atoms with Crippen molar-refractivity contribution in [3.63, 3.8) is 0 Å². The molecule has 0 aliphatic rings. The molecule has 5 nitrogen and oxygen atoms in total. The molecular formula is C11H20N4O. The summed E-state index contributed by atoms with van der Waals surface area (Å²) in [4.78, 5) is 14.7. The molecule has 90 valence electrons. The van der Waals surface area contributed by atoms with E-state index < -0.39 is 0 Å². The Bertz CT molecular complexity index is 297. The van der Waals surface area contributed by atoms with E-state index in [0.717, 1.165) is 25.9 Å². The van der Waals surface area contributed by atoms with Crippen LogP contribution in [0.1, 0.15) is 19.8 Å². The molecule has 1 aromatic rings. The molecule has 1 aromatic heterocycles. The Labute approximate surface area is 96.0 Å². The highest BCUT2D eigenvalue weighted by atomic mass is 16.1. The molecule has 1 amide bonds. The number of nitrogens with zero attached hydrogens (tertiary/aromatic N) is 2. The molecule has 0 aromatic carbocycles. The van der Waals surface area contributed by atoms with E-state index in [-0.39, 0.29) is 11.8 Å². The minimum Gasteiger partial charge on any atom is -0.369 e. The zero-order chi connectivity index (χ0) is 11.8. The van der Waals surface area contributed by atoms with E-state index in [1.54, 1.807) is 6.20 Å². The summed E-state index contributed by atoms with van der Waals surface area (Å²) in [7, 11) is 0. The van der Waals surface area contributed by atoms with Gasteiger partial charge in [-0.15, -0.1) is 0 Å². The van der Waals surface area contributed by atoms with Gasteiger partial charge in [-0.2, -0.15) is 0 Å². The van der Waals surface area contributed by atoms with Gasteiger partial charge in [-0.3, -0.25) is 4.79 Å². The molecule has 5 heteroatoms. The molecule has 0 aliphatic carbocycles. The lowest BCUT2D eigenvalue weighted by molar-refractivity contribution is -0.121. The van der Waals surface area contributed by atoms with Gasteiger partial charge in [0.05, 0.1) is 6.33 Å². The predicted molar refractivity (Wildman–Crippen MR) is 62.7 cm³/mol. The van der Waals surface area contributed by atoms with Gasteiger partial charge in [0, 0.05) is 31.4 Å². The first-order chi connectivity index (χ1) is 7.70. The number of nitrogens with one attached hydrogen (secondary N) is 1. The fraction of sp³-hybridized carbons (Fsp3) is 0.636. The smallest absolute Gasteiger partial charge is 0.221 e. The third-order valence-corrected chi connectivity index (χ3v) is 2.52. The minimum atomic E-state index is -0.245. The quantitative estimate of drug-likeness (QED) is 0.627. The molecule has 1 unspecified atom stereocenters. The van der Waals surface area contributed by atoms with E-state index in [0.29, 0.717) is 6.54 Å². The molecule has 1 atom stereocenters. The first-order valence-corrected chi connectivity index (χ1v) is 5.66. The first kappa shape index (κ1) is 12.7. The van der Waals surface area contributed by atoms with Crippen molar-refractivity contribution in [1.82, 2.24) is 14.9 Å². The second-order valence-electron chi connectivity index (χ2n) is 4.02. The average molecular weight is 224 g/mol. The van der Waals surface area contributed by atoms with Crippen molar-refractivity contribution in [1.29, 1.82) is 0 Å². The standard InChI is InChI=1S/C11H20N4O/c1-10(11(12)16)8-13-4-2-3-6-15-7-5-14-9-15/h5,7,9-10,13H,2-4,6,8H2,1H3,(H2,12,16). The number of hydrogen-bond acceptors (Lipinski definition) is 3. The SMILES string of the molecule is CC(CNCCCCn1ccnc1)C(N)=O. The summed E-state index contributed by atoms with van der Waals surface area (Å²) < 4.78 is 2.06. The summed E-state index contributed by atoms with van der Waals surface area (Å²) in [5.74, 6) is -0.334. The summed E-state index contributed by atoms with van der Waals surface area (Å²) in [6.07, 6.45) is 7.76. The van der Waals surface area contributed by atoms with Gasteiger partial charge in [0.25, 0.3) is 0 Å². The third kappa shape index (κ3) is 4.93. The van der Waals surface area contributed by atoms with Crippen molar-refractivity contribution in [3.8, 4) is 0 Å². The van der Waals surface area contributed by atoms with Gasteiger partial charge >= 0.3 is 0 Å². The number of rotatable bonds is 8. The Morgan fingerprint density at radius 1 is 1.56 bits per heavy atom. The highest BCUT2D eigenvalue weighted by Crippen LogP contribution is 1.95. The van der Waals surface area contributed by atoms with Gasteiger partial charge in [-0.25, -0.2) is 4.98 Å². The van der Waals surface area contributed by atoms with E-state index >= 15 is 0 Å². The number of imidazole rings is 1. The molecule has 1 heterocycles. The van der Waals surface area contributed by atoms with Crippen molar-refractivity contribution in [3.05, 3.63) is 18.7 Å². The zero-order valence-electron chi connectivity index (χ0n) is 9.72. The largest absolute Gasteiger partial charge is 0.369 e. The second-order valence-corrected chi connectivity index (χ2v) is 4.02. The summed E-state index contributed by atoms with van der Waals surface area (Å²) in [6.45, 7) is 4.42. The number of carbonyl (C=O) groups is 1.